The van der Waals surface area contributed by atoms with E-state index >= 15 is 0 Å². The van der Waals surface area contributed by atoms with Crippen LogP contribution in [0.4, 0.5) is 11.4 Å². The number of non-ortho nitro benzene ring substituents is 1. The minimum atomic E-state index is -0.433. The number of nitrogens with one attached hydrogen (secondary N) is 1. The van der Waals surface area contributed by atoms with Crippen LogP contribution in [0.1, 0.15) is 19.4 Å². The van der Waals surface area contributed by atoms with Crippen LogP contribution in [0.2, 0.25) is 0 Å². The molecule has 0 heterocycles. The lowest BCUT2D eigenvalue weighted by Gasteiger charge is -2.13. The number of amides is 1. The number of hydrogen-bond donors (Lipinski definition) is 1. The highest BCUT2D eigenvalue weighted by Crippen LogP contribution is 2.30. The molecule has 2 aromatic carbocycles. The molecule has 0 aromatic heterocycles. The second-order valence-electron chi connectivity index (χ2n) is 5.49. The van der Waals surface area contributed by atoms with Gasteiger partial charge in [0.25, 0.3) is 5.69 Å². The van der Waals surface area contributed by atoms with Gasteiger partial charge in [0.05, 0.1) is 23.9 Å². The molecule has 7 nitrogen and oxygen atoms in total. The average Bonchev–Trinajstić information content (AvgIpc) is 2.64. The maximum absolute atomic E-state index is 12.1. The molecule has 144 valence electrons. The third kappa shape index (κ3) is 6.49. The Kier molecular flexibility index (Phi) is 7.94. The van der Waals surface area contributed by atoms with Gasteiger partial charge in [0, 0.05) is 29.6 Å². The number of benzene rings is 2. The maximum atomic E-state index is 12.1. The first kappa shape index (κ1) is 20.6. The van der Waals surface area contributed by atoms with Crippen molar-refractivity contribution in [2.24, 2.45) is 0 Å². The van der Waals surface area contributed by atoms with Crippen LogP contribution in [-0.4, -0.2) is 29.8 Å². The summed E-state index contributed by atoms with van der Waals surface area (Å²) < 4.78 is 11.1. The molecule has 0 saturated carbocycles. The SMILES string of the molecule is CCOc1ccc(NC(=O)CSCc2ccc([N+](=O)[O-])cc2)cc1OCC. The number of ether oxygens (including phenoxy) is 2. The van der Waals surface area contributed by atoms with E-state index in [0.29, 0.717) is 36.2 Å². The molecular weight excluding hydrogens is 368 g/mol. The number of rotatable bonds is 10. The monoisotopic (exact) mass is 390 g/mol. The van der Waals surface area contributed by atoms with E-state index in [9.17, 15) is 14.9 Å². The molecule has 27 heavy (non-hydrogen) atoms. The molecule has 0 saturated heterocycles. The molecule has 0 aliphatic rings. The van der Waals surface area contributed by atoms with Crippen LogP contribution < -0.4 is 14.8 Å². The van der Waals surface area contributed by atoms with Gasteiger partial charge in [-0.1, -0.05) is 12.1 Å². The normalized spacial score (nSPS) is 10.3. The molecule has 2 rings (SSSR count). The first-order valence-corrected chi connectivity index (χ1v) is 9.69. The largest absolute Gasteiger partial charge is 0.490 e. The van der Waals surface area contributed by atoms with Crippen molar-refractivity contribution in [1.29, 1.82) is 0 Å². The van der Waals surface area contributed by atoms with Gasteiger partial charge in [-0.3, -0.25) is 14.9 Å². The summed E-state index contributed by atoms with van der Waals surface area (Å²) in [5.74, 6) is 1.97. The molecule has 0 bridgehead atoms. The Morgan fingerprint density at radius 2 is 1.74 bits per heavy atom. The second kappa shape index (κ2) is 10.4. The Bertz CT molecular complexity index is 780. The number of thioether (sulfide) groups is 1. The van der Waals surface area contributed by atoms with E-state index < -0.39 is 4.92 Å². The van der Waals surface area contributed by atoms with E-state index in [1.807, 2.05) is 13.8 Å². The smallest absolute Gasteiger partial charge is 0.269 e. The van der Waals surface area contributed by atoms with Gasteiger partial charge in [-0.2, -0.15) is 0 Å². The zero-order valence-electron chi connectivity index (χ0n) is 15.3. The fourth-order valence-electron chi connectivity index (χ4n) is 2.30. The Labute approximate surface area is 162 Å². The lowest BCUT2D eigenvalue weighted by Crippen LogP contribution is -2.14. The van der Waals surface area contributed by atoms with Gasteiger partial charge in [0.1, 0.15) is 0 Å². The maximum Gasteiger partial charge on any atom is 0.269 e. The van der Waals surface area contributed by atoms with Crippen LogP contribution >= 0.6 is 11.8 Å². The molecular formula is C19H22N2O5S. The van der Waals surface area contributed by atoms with Gasteiger partial charge >= 0.3 is 0 Å². The topological polar surface area (TPSA) is 90.7 Å². The number of nitrogens with zero attached hydrogens (tertiary/aromatic N) is 1. The number of nitro benzene ring substituents is 1. The van der Waals surface area contributed by atoms with E-state index in [0.717, 1.165) is 5.56 Å². The van der Waals surface area contributed by atoms with Gasteiger partial charge in [-0.15, -0.1) is 11.8 Å². The quantitative estimate of drug-likeness (QED) is 0.481. The number of nitro groups is 1. The van der Waals surface area contributed by atoms with E-state index in [-0.39, 0.29) is 17.3 Å². The van der Waals surface area contributed by atoms with Gasteiger partial charge in [0.2, 0.25) is 5.91 Å². The average molecular weight is 390 g/mol. The standard InChI is InChI=1S/C19H22N2O5S/c1-3-25-17-10-7-15(11-18(17)26-4-2)20-19(22)13-27-12-14-5-8-16(9-6-14)21(23)24/h5-11H,3-4,12-13H2,1-2H3,(H,20,22). The number of carbonyl (C=O) groups is 1. The molecule has 0 aliphatic carbocycles. The molecule has 2 aromatic rings. The molecule has 8 heteroatoms. The summed E-state index contributed by atoms with van der Waals surface area (Å²) in [5.41, 5.74) is 1.63. The predicted molar refractivity (Wildman–Crippen MR) is 107 cm³/mol. The Morgan fingerprint density at radius 3 is 2.37 bits per heavy atom. The highest BCUT2D eigenvalue weighted by atomic mass is 32.2. The van der Waals surface area contributed by atoms with E-state index in [4.69, 9.17) is 9.47 Å². The highest BCUT2D eigenvalue weighted by molar-refractivity contribution is 7.99. The first-order valence-electron chi connectivity index (χ1n) is 8.54. The summed E-state index contributed by atoms with van der Waals surface area (Å²) in [7, 11) is 0. The minimum absolute atomic E-state index is 0.0575. The lowest BCUT2D eigenvalue weighted by molar-refractivity contribution is -0.384. The van der Waals surface area contributed by atoms with Crippen molar-refractivity contribution < 1.29 is 19.2 Å². The molecule has 0 radical (unpaired) electrons. The third-order valence-corrected chi connectivity index (χ3v) is 4.48. The van der Waals surface area contributed by atoms with Crippen molar-refractivity contribution in [1.82, 2.24) is 0 Å². The fraction of sp³-hybridized carbons (Fsp3) is 0.316. The fourth-order valence-corrected chi connectivity index (χ4v) is 3.09. The van der Waals surface area contributed by atoms with Crippen LogP contribution in [0.3, 0.4) is 0 Å². The van der Waals surface area contributed by atoms with Crippen LogP contribution in [0.5, 0.6) is 11.5 Å². The zero-order chi connectivity index (χ0) is 19.6. The Hall–Kier alpha value is -2.74. The van der Waals surface area contributed by atoms with Gasteiger partial charge in [0.15, 0.2) is 11.5 Å². The van der Waals surface area contributed by atoms with Crippen LogP contribution in [-0.2, 0) is 10.5 Å². The van der Waals surface area contributed by atoms with Crippen molar-refractivity contribution in [2.75, 3.05) is 24.3 Å². The zero-order valence-corrected chi connectivity index (χ0v) is 16.1. The number of anilines is 1. The summed E-state index contributed by atoms with van der Waals surface area (Å²) in [5, 5.41) is 13.5. The predicted octanol–water partition coefficient (Wildman–Crippen LogP) is 4.26. The van der Waals surface area contributed by atoms with Crippen LogP contribution in [0.25, 0.3) is 0 Å². The molecule has 0 spiro atoms. The van der Waals surface area contributed by atoms with Crippen LogP contribution in [0, 0.1) is 10.1 Å². The second-order valence-corrected chi connectivity index (χ2v) is 6.48. The molecule has 0 atom stereocenters. The van der Waals surface area contributed by atoms with Crippen molar-refractivity contribution in [3.63, 3.8) is 0 Å². The van der Waals surface area contributed by atoms with Crippen molar-refractivity contribution in [3.05, 3.63) is 58.1 Å². The summed E-state index contributed by atoms with van der Waals surface area (Å²) in [6, 6.07) is 11.6. The molecule has 1 N–H and O–H groups in total. The summed E-state index contributed by atoms with van der Waals surface area (Å²) >= 11 is 1.44. The minimum Gasteiger partial charge on any atom is -0.490 e. The third-order valence-electron chi connectivity index (χ3n) is 3.48. The number of hydrogen-bond acceptors (Lipinski definition) is 6. The summed E-state index contributed by atoms with van der Waals surface area (Å²) in [6.07, 6.45) is 0. The molecule has 0 fully saturated rings. The Morgan fingerprint density at radius 1 is 1.07 bits per heavy atom. The van der Waals surface area contributed by atoms with Gasteiger partial charge in [-0.05, 0) is 31.5 Å². The Balaban J connectivity index is 1.86. The van der Waals surface area contributed by atoms with Gasteiger partial charge in [-0.25, -0.2) is 0 Å². The van der Waals surface area contributed by atoms with E-state index in [1.54, 1.807) is 30.3 Å². The lowest BCUT2D eigenvalue weighted by atomic mass is 10.2. The highest BCUT2D eigenvalue weighted by Gasteiger charge is 2.09. The first-order chi connectivity index (χ1) is 13.0. The summed E-state index contributed by atoms with van der Waals surface area (Å²) in [4.78, 5) is 22.3. The van der Waals surface area contributed by atoms with Gasteiger partial charge < -0.3 is 14.8 Å². The number of carbonyl (C=O) groups excluding carboxylic acids is 1. The molecule has 0 aliphatic heterocycles. The summed E-state index contributed by atoms with van der Waals surface area (Å²) in [6.45, 7) is 4.82. The van der Waals surface area contributed by atoms with E-state index in [1.165, 1.54) is 23.9 Å². The van der Waals surface area contributed by atoms with Crippen LogP contribution in [0.15, 0.2) is 42.5 Å². The van der Waals surface area contributed by atoms with Crippen molar-refractivity contribution in [2.45, 2.75) is 19.6 Å². The van der Waals surface area contributed by atoms with Crippen molar-refractivity contribution >= 4 is 29.0 Å². The molecule has 1 amide bonds. The molecule has 0 unspecified atom stereocenters. The van der Waals surface area contributed by atoms with Crippen molar-refractivity contribution in [3.8, 4) is 11.5 Å². The van der Waals surface area contributed by atoms with E-state index in [2.05, 4.69) is 5.32 Å².